The zero-order valence-corrected chi connectivity index (χ0v) is 17.9. The Hall–Kier alpha value is -3.45. The molecule has 1 unspecified atom stereocenters. The lowest BCUT2D eigenvalue weighted by Crippen LogP contribution is -2.66. The second kappa shape index (κ2) is 8.59. The van der Waals surface area contributed by atoms with Gasteiger partial charge in [-0.3, -0.25) is 19.3 Å². The van der Waals surface area contributed by atoms with Crippen molar-refractivity contribution in [1.82, 2.24) is 19.7 Å². The van der Waals surface area contributed by atoms with Gasteiger partial charge in [-0.15, -0.1) is 0 Å². The first kappa shape index (κ1) is 20.5. The fourth-order valence-electron chi connectivity index (χ4n) is 4.72. The van der Waals surface area contributed by atoms with E-state index < -0.39 is 6.04 Å². The molecule has 3 heterocycles. The topological polar surface area (TPSA) is 74.7 Å². The maximum Gasteiger partial charge on any atom is 0.244 e. The number of hydrogen-bond donors (Lipinski definition) is 1. The molecule has 2 aliphatic heterocycles. The van der Waals surface area contributed by atoms with Crippen molar-refractivity contribution in [2.75, 3.05) is 32.7 Å². The number of nitrogens with one attached hydrogen (secondary N) is 1. The minimum absolute atomic E-state index is 0.0310. The van der Waals surface area contributed by atoms with Crippen LogP contribution in [-0.2, 0) is 16.1 Å². The average molecular weight is 431 g/mol. The quantitative estimate of drug-likeness (QED) is 0.607. The highest BCUT2D eigenvalue weighted by atomic mass is 16.2. The maximum absolute atomic E-state index is 13.2. The molecule has 0 saturated carbocycles. The summed E-state index contributed by atoms with van der Waals surface area (Å²) in [5, 5.41) is 3.63. The first-order valence-corrected chi connectivity index (χ1v) is 11.0. The summed E-state index contributed by atoms with van der Waals surface area (Å²) < 4.78 is 2.13. The summed E-state index contributed by atoms with van der Waals surface area (Å²) in [6.07, 6.45) is 2.34. The second-order valence-electron chi connectivity index (χ2n) is 8.47. The van der Waals surface area contributed by atoms with Crippen molar-refractivity contribution in [1.29, 1.82) is 0 Å². The van der Waals surface area contributed by atoms with Crippen LogP contribution >= 0.6 is 0 Å². The molecule has 2 aromatic carbocycles. The molecule has 32 heavy (non-hydrogen) atoms. The van der Waals surface area contributed by atoms with E-state index in [1.165, 1.54) is 5.56 Å². The van der Waals surface area contributed by atoms with Gasteiger partial charge in [-0.2, -0.15) is 0 Å². The van der Waals surface area contributed by atoms with Gasteiger partial charge >= 0.3 is 0 Å². The molecule has 0 radical (unpaired) electrons. The zero-order chi connectivity index (χ0) is 22.1. The SMILES string of the molecule is O=C(CCN1CCN2C(=O)CNC(=O)C2C1)c1cn(Cc2ccccc2)c2ccccc12. The molecular formula is C25H26N4O3. The lowest BCUT2D eigenvalue weighted by molar-refractivity contribution is -0.149. The Kier molecular flexibility index (Phi) is 5.49. The first-order chi connectivity index (χ1) is 15.6. The third kappa shape index (κ3) is 3.91. The van der Waals surface area contributed by atoms with Gasteiger partial charge in [0.15, 0.2) is 5.78 Å². The van der Waals surface area contributed by atoms with Crippen LogP contribution in [0, 0.1) is 0 Å². The molecule has 1 aromatic heterocycles. The minimum atomic E-state index is -0.451. The molecule has 2 saturated heterocycles. The number of nitrogens with zero attached hydrogens (tertiary/aromatic N) is 3. The van der Waals surface area contributed by atoms with Gasteiger partial charge in [0.1, 0.15) is 6.04 Å². The van der Waals surface area contributed by atoms with Crippen LogP contribution in [0.15, 0.2) is 60.8 Å². The predicted octanol–water partition coefficient (Wildman–Crippen LogP) is 1.91. The molecule has 3 aromatic rings. The van der Waals surface area contributed by atoms with Crippen molar-refractivity contribution >= 4 is 28.5 Å². The van der Waals surface area contributed by atoms with Crippen molar-refractivity contribution in [3.8, 4) is 0 Å². The third-order valence-corrected chi connectivity index (χ3v) is 6.44. The Morgan fingerprint density at radius 2 is 1.78 bits per heavy atom. The highest BCUT2D eigenvalue weighted by Crippen LogP contribution is 2.24. The number of fused-ring (bicyclic) bond motifs is 2. The van der Waals surface area contributed by atoms with E-state index >= 15 is 0 Å². The molecule has 7 heteroatoms. The van der Waals surface area contributed by atoms with E-state index in [-0.39, 0.29) is 24.1 Å². The molecule has 0 bridgehead atoms. The average Bonchev–Trinajstić information content (AvgIpc) is 3.19. The van der Waals surface area contributed by atoms with Crippen LogP contribution in [0.3, 0.4) is 0 Å². The van der Waals surface area contributed by atoms with Gasteiger partial charge in [-0.1, -0.05) is 48.5 Å². The van der Waals surface area contributed by atoms with Gasteiger partial charge in [0.25, 0.3) is 0 Å². The van der Waals surface area contributed by atoms with Crippen LogP contribution in [-0.4, -0.2) is 70.7 Å². The Bertz CT molecular complexity index is 1170. The summed E-state index contributed by atoms with van der Waals surface area (Å²) in [5.41, 5.74) is 2.97. The number of Topliss-reactive ketones (excluding diaryl/α,β-unsaturated/α-hetero) is 1. The predicted molar refractivity (Wildman–Crippen MR) is 121 cm³/mol. The van der Waals surface area contributed by atoms with Crippen molar-refractivity contribution in [2.24, 2.45) is 0 Å². The standard InChI is InChI=1S/C25H26N4O3/c30-23(10-11-27-12-13-29-22(17-27)25(32)26-14-24(29)31)20-16-28(15-18-6-2-1-3-7-18)21-9-5-4-8-19(20)21/h1-9,16,22H,10-15,17H2,(H,26,32). The van der Waals surface area contributed by atoms with Crippen molar-refractivity contribution in [2.45, 2.75) is 19.0 Å². The van der Waals surface area contributed by atoms with E-state index in [9.17, 15) is 14.4 Å². The van der Waals surface area contributed by atoms with Crippen LogP contribution in [0.1, 0.15) is 22.3 Å². The largest absolute Gasteiger partial charge is 0.345 e. The van der Waals surface area contributed by atoms with Crippen LogP contribution < -0.4 is 5.32 Å². The Labute approximate surface area is 186 Å². The molecule has 0 spiro atoms. The molecule has 5 rings (SSSR count). The molecule has 7 nitrogen and oxygen atoms in total. The molecular weight excluding hydrogens is 404 g/mol. The van der Waals surface area contributed by atoms with E-state index in [0.29, 0.717) is 39.1 Å². The molecule has 2 fully saturated rings. The van der Waals surface area contributed by atoms with E-state index in [1.807, 2.05) is 48.7 Å². The normalized spacial score (nSPS) is 19.1. The second-order valence-corrected chi connectivity index (χ2v) is 8.47. The van der Waals surface area contributed by atoms with E-state index in [4.69, 9.17) is 0 Å². The summed E-state index contributed by atoms with van der Waals surface area (Å²) in [6.45, 7) is 3.05. The Morgan fingerprint density at radius 3 is 2.62 bits per heavy atom. The first-order valence-electron chi connectivity index (χ1n) is 11.0. The highest BCUT2D eigenvalue weighted by molar-refractivity contribution is 6.08. The number of amides is 2. The van der Waals surface area contributed by atoms with Crippen LogP contribution in [0.4, 0.5) is 0 Å². The maximum atomic E-state index is 13.2. The number of piperazine rings is 2. The Morgan fingerprint density at radius 1 is 1.00 bits per heavy atom. The van der Waals surface area contributed by atoms with Gasteiger partial charge in [0.2, 0.25) is 11.8 Å². The summed E-state index contributed by atoms with van der Waals surface area (Å²) in [7, 11) is 0. The van der Waals surface area contributed by atoms with Gasteiger partial charge < -0.3 is 14.8 Å². The molecule has 1 atom stereocenters. The van der Waals surface area contributed by atoms with E-state index in [2.05, 4.69) is 26.9 Å². The fourth-order valence-corrected chi connectivity index (χ4v) is 4.72. The van der Waals surface area contributed by atoms with E-state index in [0.717, 1.165) is 16.5 Å². The van der Waals surface area contributed by atoms with Gasteiger partial charge in [0, 0.05) is 61.8 Å². The lowest BCUT2D eigenvalue weighted by atomic mass is 10.1. The number of ketones is 1. The smallest absolute Gasteiger partial charge is 0.244 e. The van der Waals surface area contributed by atoms with Crippen LogP contribution in [0.2, 0.25) is 0 Å². The lowest BCUT2D eigenvalue weighted by Gasteiger charge is -2.42. The van der Waals surface area contributed by atoms with Crippen LogP contribution in [0.5, 0.6) is 0 Å². The van der Waals surface area contributed by atoms with Gasteiger partial charge in [-0.25, -0.2) is 0 Å². The number of carbonyl (C=O) groups is 3. The number of rotatable bonds is 6. The van der Waals surface area contributed by atoms with Gasteiger partial charge in [-0.05, 0) is 11.6 Å². The number of hydrogen-bond acceptors (Lipinski definition) is 4. The molecule has 0 aliphatic carbocycles. The number of aromatic nitrogens is 1. The number of carbonyl (C=O) groups excluding carboxylic acids is 3. The van der Waals surface area contributed by atoms with E-state index in [1.54, 1.807) is 4.90 Å². The van der Waals surface area contributed by atoms with Crippen LogP contribution in [0.25, 0.3) is 10.9 Å². The third-order valence-electron chi connectivity index (χ3n) is 6.44. The summed E-state index contributed by atoms with van der Waals surface area (Å²) in [5.74, 6) is -0.0409. The zero-order valence-electron chi connectivity index (χ0n) is 17.9. The van der Waals surface area contributed by atoms with Crippen molar-refractivity contribution in [3.05, 3.63) is 71.9 Å². The Balaban J connectivity index is 1.29. The monoisotopic (exact) mass is 430 g/mol. The van der Waals surface area contributed by atoms with Crippen molar-refractivity contribution < 1.29 is 14.4 Å². The summed E-state index contributed by atoms with van der Waals surface area (Å²) in [4.78, 5) is 41.2. The number of benzene rings is 2. The summed E-state index contributed by atoms with van der Waals surface area (Å²) >= 11 is 0. The molecule has 164 valence electrons. The number of para-hydroxylation sites is 1. The highest BCUT2D eigenvalue weighted by Gasteiger charge is 2.38. The molecule has 2 aliphatic rings. The molecule has 2 amide bonds. The fraction of sp³-hybridized carbons (Fsp3) is 0.320. The summed E-state index contributed by atoms with van der Waals surface area (Å²) in [6, 6.07) is 17.8. The van der Waals surface area contributed by atoms with Gasteiger partial charge in [0.05, 0.1) is 6.54 Å². The molecule has 1 N–H and O–H groups in total. The minimum Gasteiger partial charge on any atom is -0.345 e. The van der Waals surface area contributed by atoms with Crippen molar-refractivity contribution in [3.63, 3.8) is 0 Å².